The van der Waals surface area contributed by atoms with Gasteiger partial charge in [0.15, 0.2) is 0 Å². The van der Waals surface area contributed by atoms with E-state index in [4.69, 9.17) is 4.74 Å². The van der Waals surface area contributed by atoms with Gasteiger partial charge in [-0.1, -0.05) is 5.21 Å². The molecule has 16 heavy (non-hydrogen) atoms. The zero-order valence-electron chi connectivity index (χ0n) is 9.93. The summed E-state index contributed by atoms with van der Waals surface area (Å²) in [6, 6.07) is 0. The predicted molar refractivity (Wildman–Crippen MR) is 58.7 cm³/mol. The first-order valence-corrected chi connectivity index (χ1v) is 5.22. The zero-order valence-corrected chi connectivity index (χ0v) is 9.93. The van der Waals surface area contributed by atoms with Crippen molar-refractivity contribution in [2.24, 2.45) is 0 Å². The largest absolute Gasteiger partial charge is 0.366 e. The summed E-state index contributed by atoms with van der Waals surface area (Å²) in [7, 11) is 0. The van der Waals surface area contributed by atoms with Crippen LogP contribution >= 0.6 is 0 Å². The predicted octanol–water partition coefficient (Wildman–Crippen LogP) is 0.209. The molecule has 0 spiro atoms. The number of amides is 1. The van der Waals surface area contributed by atoms with Gasteiger partial charge in [0.2, 0.25) is 5.91 Å². The second-order valence-electron chi connectivity index (χ2n) is 4.42. The molecule has 0 radical (unpaired) electrons. The van der Waals surface area contributed by atoms with Gasteiger partial charge in [0.1, 0.15) is 6.61 Å². The van der Waals surface area contributed by atoms with E-state index in [9.17, 15) is 4.79 Å². The van der Waals surface area contributed by atoms with Crippen LogP contribution < -0.4 is 5.32 Å². The Morgan fingerprint density at radius 1 is 1.50 bits per heavy atom. The highest BCUT2D eigenvalue weighted by atomic mass is 16.5. The summed E-state index contributed by atoms with van der Waals surface area (Å²) in [5.41, 5.74) is -0.288. The van der Waals surface area contributed by atoms with E-state index in [-0.39, 0.29) is 18.1 Å². The Morgan fingerprint density at radius 2 is 2.25 bits per heavy atom. The van der Waals surface area contributed by atoms with Crippen LogP contribution in [0.2, 0.25) is 0 Å². The van der Waals surface area contributed by atoms with E-state index in [1.807, 2.05) is 20.8 Å². The van der Waals surface area contributed by atoms with Crippen molar-refractivity contribution in [2.45, 2.75) is 32.9 Å². The average Bonchev–Trinajstić information content (AvgIpc) is 2.66. The minimum Gasteiger partial charge on any atom is -0.366 e. The van der Waals surface area contributed by atoms with E-state index in [0.717, 1.165) is 0 Å². The van der Waals surface area contributed by atoms with Crippen LogP contribution in [0.15, 0.2) is 12.4 Å². The fourth-order valence-corrected chi connectivity index (χ4v) is 0.995. The molecule has 1 heterocycles. The van der Waals surface area contributed by atoms with Gasteiger partial charge in [-0.3, -0.25) is 9.48 Å². The molecule has 1 amide bonds. The fourth-order valence-electron chi connectivity index (χ4n) is 0.995. The Balaban J connectivity index is 2.11. The third-order valence-corrected chi connectivity index (χ3v) is 1.77. The van der Waals surface area contributed by atoms with Crippen LogP contribution in [0.5, 0.6) is 0 Å². The fraction of sp³-hybridized carbons (Fsp3) is 0.700. The van der Waals surface area contributed by atoms with Crippen molar-refractivity contribution >= 4 is 5.91 Å². The molecule has 0 saturated heterocycles. The first kappa shape index (κ1) is 12.6. The monoisotopic (exact) mass is 226 g/mol. The molecule has 0 fully saturated rings. The highest BCUT2D eigenvalue weighted by Gasteiger charge is 2.12. The van der Waals surface area contributed by atoms with E-state index in [1.165, 1.54) is 0 Å². The molecule has 0 aliphatic heterocycles. The van der Waals surface area contributed by atoms with Gasteiger partial charge in [-0.15, -0.1) is 5.10 Å². The topological polar surface area (TPSA) is 69.0 Å². The lowest BCUT2D eigenvalue weighted by Gasteiger charge is -2.18. The Morgan fingerprint density at radius 3 is 2.81 bits per heavy atom. The summed E-state index contributed by atoms with van der Waals surface area (Å²) in [4.78, 5) is 11.3. The van der Waals surface area contributed by atoms with Gasteiger partial charge < -0.3 is 10.1 Å². The van der Waals surface area contributed by atoms with Gasteiger partial charge in [0.05, 0.1) is 18.3 Å². The number of carbonyl (C=O) groups is 1. The van der Waals surface area contributed by atoms with Crippen LogP contribution in [0, 0.1) is 0 Å². The third kappa shape index (κ3) is 5.45. The summed E-state index contributed by atoms with van der Waals surface area (Å²) in [6.45, 7) is 6.96. The maximum absolute atomic E-state index is 11.3. The molecule has 0 atom stereocenters. The molecule has 1 rings (SSSR count). The summed E-state index contributed by atoms with van der Waals surface area (Å²) < 4.78 is 6.99. The lowest BCUT2D eigenvalue weighted by molar-refractivity contribution is -0.130. The Labute approximate surface area is 95.0 Å². The molecular formula is C10H18N4O2. The number of nitrogens with one attached hydrogen (secondary N) is 1. The number of aromatic nitrogens is 3. The van der Waals surface area contributed by atoms with Crippen LogP contribution in [0.25, 0.3) is 0 Å². The van der Waals surface area contributed by atoms with Crippen molar-refractivity contribution < 1.29 is 9.53 Å². The molecule has 90 valence electrons. The molecular weight excluding hydrogens is 208 g/mol. The molecule has 1 aromatic heterocycles. The quantitative estimate of drug-likeness (QED) is 0.779. The highest BCUT2D eigenvalue weighted by molar-refractivity contribution is 5.77. The zero-order chi connectivity index (χ0) is 12.0. The minimum atomic E-state index is -0.288. The summed E-state index contributed by atoms with van der Waals surface area (Å²) in [6.07, 6.45) is 3.35. The average molecular weight is 226 g/mol. The first-order chi connectivity index (χ1) is 7.47. The Kier molecular flexibility index (Phi) is 4.42. The second kappa shape index (κ2) is 5.60. The van der Waals surface area contributed by atoms with Gasteiger partial charge in [0.25, 0.3) is 0 Å². The van der Waals surface area contributed by atoms with Crippen LogP contribution in [0.3, 0.4) is 0 Å². The number of hydrogen-bond donors (Lipinski definition) is 1. The molecule has 1 N–H and O–H groups in total. The van der Waals surface area contributed by atoms with Crippen molar-refractivity contribution in [1.82, 2.24) is 20.3 Å². The van der Waals surface area contributed by atoms with E-state index in [2.05, 4.69) is 15.6 Å². The van der Waals surface area contributed by atoms with Crippen molar-refractivity contribution in [3.8, 4) is 0 Å². The second-order valence-corrected chi connectivity index (χ2v) is 4.42. The van der Waals surface area contributed by atoms with Crippen molar-refractivity contribution in [3.05, 3.63) is 12.4 Å². The van der Waals surface area contributed by atoms with Crippen molar-refractivity contribution in [3.63, 3.8) is 0 Å². The summed E-state index contributed by atoms with van der Waals surface area (Å²) in [5.74, 6) is -0.116. The van der Waals surface area contributed by atoms with Gasteiger partial charge in [0, 0.05) is 12.7 Å². The first-order valence-electron chi connectivity index (χ1n) is 5.22. The molecule has 0 saturated carbocycles. The van der Waals surface area contributed by atoms with Crippen LogP contribution in [-0.4, -0.2) is 39.7 Å². The van der Waals surface area contributed by atoms with Crippen molar-refractivity contribution in [2.75, 3.05) is 13.2 Å². The minimum absolute atomic E-state index is 0.0842. The smallest absolute Gasteiger partial charge is 0.246 e. The van der Waals surface area contributed by atoms with Gasteiger partial charge in [-0.05, 0) is 20.8 Å². The van der Waals surface area contributed by atoms with Gasteiger partial charge in [-0.25, -0.2) is 0 Å². The SMILES string of the molecule is CC(C)(C)OCC(=O)NCCn1ccnn1. The number of hydrogen-bond acceptors (Lipinski definition) is 4. The van der Waals surface area contributed by atoms with E-state index in [0.29, 0.717) is 13.1 Å². The molecule has 6 heteroatoms. The molecule has 0 bridgehead atoms. The van der Waals surface area contributed by atoms with Crippen LogP contribution in [0.4, 0.5) is 0 Å². The number of ether oxygens (including phenoxy) is 1. The lowest BCUT2D eigenvalue weighted by atomic mass is 10.2. The number of carbonyl (C=O) groups excluding carboxylic acids is 1. The van der Waals surface area contributed by atoms with E-state index >= 15 is 0 Å². The maximum atomic E-state index is 11.3. The summed E-state index contributed by atoms with van der Waals surface area (Å²) in [5, 5.41) is 10.2. The van der Waals surface area contributed by atoms with Crippen molar-refractivity contribution in [1.29, 1.82) is 0 Å². The number of nitrogens with zero attached hydrogens (tertiary/aromatic N) is 3. The summed E-state index contributed by atoms with van der Waals surface area (Å²) >= 11 is 0. The van der Waals surface area contributed by atoms with Crippen LogP contribution in [0.1, 0.15) is 20.8 Å². The van der Waals surface area contributed by atoms with E-state index < -0.39 is 0 Å². The Bertz CT molecular complexity index is 316. The molecule has 0 unspecified atom stereocenters. The molecule has 0 aromatic carbocycles. The normalized spacial score (nSPS) is 11.4. The van der Waals surface area contributed by atoms with Crippen LogP contribution in [-0.2, 0) is 16.1 Å². The third-order valence-electron chi connectivity index (χ3n) is 1.77. The maximum Gasteiger partial charge on any atom is 0.246 e. The molecule has 1 aromatic rings. The van der Waals surface area contributed by atoms with Gasteiger partial charge >= 0.3 is 0 Å². The molecule has 0 aliphatic rings. The van der Waals surface area contributed by atoms with Gasteiger partial charge in [-0.2, -0.15) is 0 Å². The molecule has 6 nitrogen and oxygen atoms in total. The van der Waals surface area contributed by atoms with E-state index in [1.54, 1.807) is 17.1 Å². The molecule has 0 aliphatic carbocycles. The highest BCUT2D eigenvalue weighted by Crippen LogP contribution is 2.05. The Hall–Kier alpha value is -1.43. The lowest BCUT2D eigenvalue weighted by Crippen LogP contribution is -2.33. The number of rotatable bonds is 5. The standard InChI is InChI=1S/C10H18N4O2/c1-10(2,3)16-8-9(15)11-4-6-14-7-5-12-13-14/h5,7H,4,6,8H2,1-3H3,(H,11,15).